The van der Waals surface area contributed by atoms with Gasteiger partial charge in [0.25, 0.3) is 10.0 Å². The number of nitrogens with zero attached hydrogens (tertiary/aromatic N) is 1. The lowest BCUT2D eigenvalue weighted by Gasteiger charge is -2.55. The number of benzene rings is 1. The van der Waals surface area contributed by atoms with Gasteiger partial charge in [-0.2, -0.15) is 5.26 Å². The minimum atomic E-state index is -3.89. The lowest BCUT2D eigenvalue weighted by molar-refractivity contribution is -0.144. The molecule has 0 aliphatic heterocycles. The lowest BCUT2D eigenvalue weighted by Crippen LogP contribution is -2.54. The van der Waals surface area contributed by atoms with Crippen molar-refractivity contribution in [2.45, 2.75) is 43.4 Å². The van der Waals surface area contributed by atoms with Crippen LogP contribution >= 0.6 is 0 Å². The molecule has 1 aromatic rings. The molecule has 0 spiro atoms. The van der Waals surface area contributed by atoms with E-state index in [1.54, 1.807) is 0 Å². The zero-order chi connectivity index (χ0) is 16.9. The number of amides is 1. The molecule has 24 heavy (non-hydrogen) atoms. The van der Waals surface area contributed by atoms with E-state index in [0.29, 0.717) is 23.3 Å². The quantitative estimate of drug-likeness (QED) is 0.913. The Morgan fingerprint density at radius 3 is 2.00 bits per heavy atom. The second-order valence-corrected chi connectivity index (χ2v) is 9.45. The number of carbonyl (C=O) groups excluding carboxylic acids is 1. The van der Waals surface area contributed by atoms with Crippen molar-refractivity contribution in [3.8, 4) is 6.07 Å². The molecule has 0 heterocycles. The highest BCUT2D eigenvalue weighted by molar-refractivity contribution is 7.90. The molecule has 1 aromatic carbocycles. The molecule has 0 aromatic heterocycles. The van der Waals surface area contributed by atoms with Crippen molar-refractivity contribution in [1.29, 1.82) is 5.26 Å². The SMILES string of the molecule is N#Cc1ccc(S(=O)(=O)NC(=O)C23CC4CC(CC(C4)C2)C3)cc1. The predicted molar refractivity (Wildman–Crippen MR) is 87.1 cm³/mol. The highest BCUT2D eigenvalue weighted by Gasteiger charge is 2.55. The Bertz CT molecular complexity index is 786. The van der Waals surface area contributed by atoms with Gasteiger partial charge in [-0.25, -0.2) is 13.1 Å². The van der Waals surface area contributed by atoms with Crippen LogP contribution in [0.4, 0.5) is 0 Å². The summed E-state index contributed by atoms with van der Waals surface area (Å²) < 4.78 is 27.4. The van der Waals surface area contributed by atoms with Crippen LogP contribution in [0.15, 0.2) is 29.2 Å². The number of rotatable bonds is 3. The molecule has 126 valence electrons. The molecule has 4 aliphatic rings. The summed E-state index contributed by atoms with van der Waals surface area (Å²) in [6, 6.07) is 7.59. The van der Waals surface area contributed by atoms with Crippen molar-refractivity contribution >= 4 is 15.9 Å². The molecule has 4 aliphatic carbocycles. The first-order valence-electron chi connectivity index (χ1n) is 8.48. The molecule has 1 amide bonds. The molecule has 0 atom stereocenters. The van der Waals surface area contributed by atoms with Crippen molar-refractivity contribution in [3.05, 3.63) is 29.8 Å². The van der Waals surface area contributed by atoms with Crippen molar-refractivity contribution in [3.63, 3.8) is 0 Å². The van der Waals surface area contributed by atoms with E-state index < -0.39 is 15.4 Å². The van der Waals surface area contributed by atoms with Gasteiger partial charge in [-0.1, -0.05) is 0 Å². The highest BCUT2D eigenvalue weighted by atomic mass is 32.2. The number of sulfonamides is 1. The Balaban J connectivity index is 1.56. The smallest absolute Gasteiger partial charge is 0.264 e. The van der Waals surface area contributed by atoms with Crippen LogP contribution in [-0.4, -0.2) is 14.3 Å². The summed E-state index contributed by atoms with van der Waals surface area (Å²) in [7, 11) is -3.89. The van der Waals surface area contributed by atoms with Gasteiger partial charge in [-0.3, -0.25) is 4.79 Å². The normalized spacial score (nSPS) is 33.9. The van der Waals surface area contributed by atoms with Gasteiger partial charge >= 0.3 is 0 Å². The molecule has 5 rings (SSSR count). The third-order valence-electron chi connectivity index (χ3n) is 6.04. The van der Waals surface area contributed by atoms with E-state index in [-0.39, 0.29) is 10.8 Å². The minimum absolute atomic E-state index is 0.0274. The fourth-order valence-electron chi connectivity index (χ4n) is 5.39. The average Bonchev–Trinajstić information content (AvgIpc) is 2.53. The van der Waals surface area contributed by atoms with Gasteiger partial charge in [0.05, 0.1) is 21.9 Å². The van der Waals surface area contributed by atoms with E-state index in [1.807, 2.05) is 6.07 Å². The molecule has 4 fully saturated rings. The fraction of sp³-hybridized carbons (Fsp3) is 0.556. The Morgan fingerprint density at radius 2 is 1.54 bits per heavy atom. The van der Waals surface area contributed by atoms with Crippen LogP contribution in [0.2, 0.25) is 0 Å². The molecule has 0 saturated heterocycles. The highest BCUT2D eigenvalue weighted by Crippen LogP contribution is 2.60. The van der Waals surface area contributed by atoms with E-state index in [0.717, 1.165) is 19.3 Å². The summed E-state index contributed by atoms with van der Waals surface area (Å²) >= 11 is 0. The Labute approximate surface area is 142 Å². The van der Waals surface area contributed by atoms with Crippen LogP contribution in [0.5, 0.6) is 0 Å². The Kier molecular flexibility index (Phi) is 3.47. The topological polar surface area (TPSA) is 87.0 Å². The Morgan fingerprint density at radius 1 is 1.04 bits per heavy atom. The molecule has 4 bridgehead atoms. The number of carbonyl (C=O) groups is 1. The summed E-state index contributed by atoms with van der Waals surface area (Å²) in [6.07, 6.45) is 6.09. The molecule has 5 nitrogen and oxygen atoms in total. The second-order valence-electron chi connectivity index (χ2n) is 7.77. The third kappa shape index (κ3) is 2.51. The first-order chi connectivity index (χ1) is 11.4. The summed E-state index contributed by atoms with van der Waals surface area (Å²) in [5, 5.41) is 8.80. The maximum absolute atomic E-state index is 12.9. The summed E-state index contributed by atoms with van der Waals surface area (Å²) in [6.45, 7) is 0. The van der Waals surface area contributed by atoms with Gasteiger partial charge in [0.1, 0.15) is 0 Å². The molecule has 0 radical (unpaired) electrons. The summed E-state index contributed by atoms with van der Waals surface area (Å²) in [4.78, 5) is 12.9. The van der Waals surface area contributed by atoms with Crippen molar-refractivity contribution < 1.29 is 13.2 Å². The van der Waals surface area contributed by atoms with Gasteiger partial charge in [0.15, 0.2) is 0 Å². The maximum atomic E-state index is 12.9. The number of hydrogen-bond donors (Lipinski definition) is 1. The van der Waals surface area contributed by atoms with Crippen LogP contribution in [0.1, 0.15) is 44.1 Å². The van der Waals surface area contributed by atoms with Gasteiger partial charge in [-0.15, -0.1) is 0 Å². The lowest BCUT2D eigenvalue weighted by atomic mass is 9.49. The Hall–Kier alpha value is -1.87. The molecule has 6 heteroatoms. The van der Waals surface area contributed by atoms with Gasteiger partial charge < -0.3 is 0 Å². The zero-order valence-corrected chi connectivity index (χ0v) is 14.2. The molecular formula is C18H20N2O3S. The van der Waals surface area contributed by atoms with Crippen LogP contribution < -0.4 is 4.72 Å². The molecule has 1 N–H and O–H groups in total. The van der Waals surface area contributed by atoms with E-state index in [2.05, 4.69) is 4.72 Å². The van der Waals surface area contributed by atoms with E-state index >= 15 is 0 Å². The molecule has 4 saturated carbocycles. The van der Waals surface area contributed by atoms with Crippen molar-refractivity contribution in [2.24, 2.45) is 23.2 Å². The summed E-state index contributed by atoms with van der Waals surface area (Å²) in [5.74, 6) is 1.42. The van der Waals surface area contributed by atoms with Gasteiger partial charge in [0, 0.05) is 0 Å². The van der Waals surface area contributed by atoms with Gasteiger partial charge in [0.2, 0.25) is 5.91 Å². The van der Waals surface area contributed by atoms with Crippen LogP contribution in [-0.2, 0) is 14.8 Å². The predicted octanol–water partition coefficient (Wildman–Crippen LogP) is 2.58. The average molecular weight is 344 g/mol. The van der Waals surface area contributed by atoms with E-state index in [1.165, 1.54) is 43.5 Å². The van der Waals surface area contributed by atoms with Crippen LogP contribution in [0.3, 0.4) is 0 Å². The van der Waals surface area contributed by atoms with Crippen LogP contribution in [0.25, 0.3) is 0 Å². The van der Waals surface area contributed by atoms with Crippen molar-refractivity contribution in [2.75, 3.05) is 0 Å². The third-order valence-corrected chi connectivity index (χ3v) is 7.39. The standard InChI is InChI=1S/C18H20N2O3S/c19-11-12-1-3-16(4-2-12)24(22,23)20-17(21)18-8-13-5-14(9-18)7-15(6-13)10-18/h1-4,13-15H,5-10H2,(H,20,21). The van der Waals surface area contributed by atoms with Gasteiger partial charge in [-0.05, 0) is 80.5 Å². The maximum Gasteiger partial charge on any atom is 0.264 e. The monoisotopic (exact) mass is 344 g/mol. The molecule has 0 unspecified atom stereocenters. The zero-order valence-electron chi connectivity index (χ0n) is 13.4. The minimum Gasteiger partial charge on any atom is -0.273 e. The van der Waals surface area contributed by atoms with E-state index in [9.17, 15) is 13.2 Å². The number of hydrogen-bond acceptors (Lipinski definition) is 4. The largest absolute Gasteiger partial charge is 0.273 e. The number of nitriles is 1. The van der Waals surface area contributed by atoms with E-state index in [4.69, 9.17) is 5.26 Å². The van der Waals surface area contributed by atoms with Crippen molar-refractivity contribution in [1.82, 2.24) is 4.72 Å². The first-order valence-corrected chi connectivity index (χ1v) is 9.96. The van der Waals surface area contributed by atoms with Crippen LogP contribution in [0, 0.1) is 34.5 Å². The number of nitrogens with one attached hydrogen (secondary N) is 1. The molecular weight excluding hydrogens is 324 g/mol. The second kappa shape index (κ2) is 5.32. The summed E-state index contributed by atoms with van der Waals surface area (Å²) in [5.41, 5.74) is -0.102. The first kappa shape index (κ1) is 15.6. The fourth-order valence-corrected chi connectivity index (χ4v) is 6.46.